The molecule has 1 atom stereocenters. The number of ether oxygens (including phenoxy) is 2. The molecule has 1 fully saturated rings. The van der Waals surface area contributed by atoms with E-state index in [4.69, 9.17) is 9.47 Å². The first-order valence-corrected chi connectivity index (χ1v) is 7.96. The van der Waals surface area contributed by atoms with Crippen LogP contribution < -0.4 is 9.64 Å². The molecule has 0 spiro atoms. The molecule has 5 nitrogen and oxygen atoms in total. The number of epoxide rings is 1. The molecule has 0 aromatic heterocycles. The minimum atomic E-state index is -0.325. The second-order valence-electron chi connectivity index (χ2n) is 5.37. The van der Waals surface area contributed by atoms with Crippen LogP contribution in [0.1, 0.15) is 20.7 Å². The topological polar surface area (TPSA) is 59.1 Å². The van der Waals surface area contributed by atoms with Gasteiger partial charge in [-0.15, -0.1) is 0 Å². The number of anilines is 1. The molecule has 1 saturated heterocycles. The van der Waals surface area contributed by atoms with E-state index in [0.29, 0.717) is 40.3 Å². The fourth-order valence-corrected chi connectivity index (χ4v) is 2.94. The highest BCUT2D eigenvalue weighted by Crippen LogP contribution is 2.36. The molecule has 2 amide bonds. The van der Waals surface area contributed by atoms with Crippen molar-refractivity contribution in [3.05, 3.63) is 58.1 Å². The molecule has 0 radical (unpaired) electrons. The predicted octanol–water partition coefficient (Wildman–Crippen LogP) is 3.03. The van der Waals surface area contributed by atoms with Crippen LogP contribution in [-0.4, -0.2) is 31.1 Å². The quantitative estimate of drug-likeness (QED) is 0.610. The Labute approximate surface area is 140 Å². The maximum absolute atomic E-state index is 12.6. The van der Waals surface area contributed by atoms with Crippen LogP contribution in [0, 0.1) is 0 Å². The van der Waals surface area contributed by atoms with Crippen LogP contribution >= 0.6 is 15.9 Å². The molecular formula is C17H12BrNO4. The Morgan fingerprint density at radius 2 is 1.78 bits per heavy atom. The van der Waals surface area contributed by atoms with E-state index >= 15 is 0 Å². The monoisotopic (exact) mass is 373 g/mol. The SMILES string of the molecule is O=C1c2ccccc2C(=O)N1c1cc(OCC2CO2)ccc1Br. The summed E-state index contributed by atoms with van der Waals surface area (Å²) in [6.07, 6.45) is 0.140. The maximum atomic E-state index is 12.6. The highest BCUT2D eigenvalue weighted by molar-refractivity contribution is 9.10. The summed E-state index contributed by atoms with van der Waals surface area (Å²) in [5.41, 5.74) is 1.31. The Balaban J connectivity index is 1.68. The lowest BCUT2D eigenvalue weighted by Crippen LogP contribution is -2.29. The molecule has 1 unspecified atom stereocenters. The molecule has 2 aliphatic heterocycles. The first-order chi connectivity index (χ1) is 11.1. The first-order valence-electron chi connectivity index (χ1n) is 7.17. The van der Waals surface area contributed by atoms with E-state index in [1.165, 1.54) is 4.90 Å². The fourth-order valence-electron chi connectivity index (χ4n) is 2.52. The summed E-state index contributed by atoms with van der Waals surface area (Å²) in [5.74, 6) is -0.0572. The van der Waals surface area contributed by atoms with Crippen molar-refractivity contribution >= 4 is 33.4 Å². The molecule has 2 aliphatic rings. The first kappa shape index (κ1) is 14.4. The number of nitrogens with zero attached hydrogens (tertiary/aromatic N) is 1. The predicted molar refractivity (Wildman–Crippen MR) is 87.0 cm³/mol. The number of fused-ring (bicyclic) bond motifs is 1. The van der Waals surface area contributed by atoms with Gasteiger partial charge in [0.1, 0.15) is 18.5 Å². The zero-order valence-corrected chi connectivity index (χ0v) is 13.6. The molecule has 116 valence electrons. The van der Waals surface area contributed by atoms with Crippen molar-refractivity contribution < 1.29 is 19.1 Å². The van der Waals surface area contributed by atoms with Gasteiger partial charge in [-0.25, -0.2) is 4.90 Å². The minimum absolute atomic E-state index is 0.140. The second-order valence-corrected chi connectivity index (χ2v) is 6.23. The van der Waals surface area contributed by atoms with Crippen molar-refractivity contribution in [2.75, 3.05) is 18.1 Å². The van der Waals surface area contributed by atoms with Crippen LogP contribution in [0.5, 0.6) is 5.75 Å². The van der Waals surface area contributed by atoms with Crippen LogP contribution in [0.3, 0.4) is 0 Å². The Bertz CT molecular complexity index is 781. The van der Waals surface area contributed by atoms with E-state index in [2.05, 4.69) is 15.9 Å². The molecular weight excluding hydrogens is 362 g/mol. The molecule has 2 aromatic carbocycles. The Morgan fingerprint density at radius 3 is 2.39 bits per heavy atom. The number of hydrogen-bond donors (Lipinski definition) is 0. The molecule has 6 heteroatoms. The Hall–Kier alpha value is -2.18. The average molecular weight is 374 g/mol. The summed E-state index contributed by atoms with van der Waals surface area (Å²) in [6.45, 7) is 1.17. The molecule has 0 bridgehead atoms. The number of carbonyl (C=O) groups excluding carboxylic acids is 2. The minimum Gasteiger partial charge on any atom is -0.491 e. The third-order valence-corrected chi connectivity index (χ3v) is 4.46. The van der Waals surface area contributed by atoms with Gasteiger partial charge < -0.3 is 9.47 Å². The van der Waals surface area contributed by atoms with Gasteiger partial charge in [0, 0.05) is 10.5 Å². The van der Waals surface area contributed by atoms with E-state index in [-0.39, 0.29) is 17.9 Å². The summed E-state index contributed by atoms with van der Waals surface area (Å²) in [4.78, 5) is 26.3. The van der Waals surface area contributed by atoms with Gasteiger partial charge in [0.25, 0.3) is 11.8 Å². The van der Waals surface area contributed by atoms with Gasteiger partial charge in [0.05, 0.1) is 23.4 Å². The molecule has 0 saturated carbocycles. The van der Waals surface area contributed by atoms with Gasteiger partial charge in [0.15, 0.2) is 0 Å². The van der Waals surface area contributed by atoms with Crippen LogP contribution in [0.2, 0.25) is 0 Å². The Morgan fingerprint density at radius 1 is 1.13 bits per heavy atom. The van der Waals surface area contributed by atoms with Gasteiger partial charge >= 0.3 is 0 Å². The summed E-state index contributed by atoms with van der Waals surface area (Å²) in [6, 6.07) is 12.1. The van der Waals surface area contributed by atoms with Gasteiger partial charge in [-0.05, 0) is 40.2 Å². The summed E-state index contributed by atoms with van der Waals surface area (Å²) in [7, 11) is 0. The van der Waals surface area contributed by atoms with Gasteiger partial charge in [-0.3, -0.25) is 9.59 Å². The fraction of sp³-hybridized carbons (Fsp3) is 0.176. The highest BCUT2D eigenvalue weighted by atomic mass is 79.9. The number of imide groups is 1. The zero-order chi connectivity index (χ0) is 16.0. The third kappa shape index (κ3) is 2.54. The number of benzene rings is 2. The number of carbonyl (C=O) groups is 2. The van der Waals surface area contributed by atoms with Crippen molar-refractivity contribution in [3.63, 3.8) is 0 Å². The number of amides is 2. The van der Waals surface area contributed by atoms with Crippen molar-refractivity contribution in [2.45, 2.75) is 6.10 Å². The van der Waals surface area contributed by atoms with Gasteiger partial charge in [-0.2, -0.15) is 0 Å². The molecule has 23 heavy (non-hydrogen) atoms. The van der Waals surface area contributed by atoms with E-state index in [0.717, 1.165) is 0 Å². The van der Waals surface area contributed by atoms with E-state index < -0.39 is 0 Å². The molecule has 2 aromatic rings. The van der Waals surface area contributed by atoms with E-state index in [1.54, 1.807) is 42.5 Å². The highest BCUT2D eigenvalue weighted by Gasteiger charge is 2.37. The van der Waals surface area contributed by atoms with E-state index in [9.17, 15) is 9.59 Å². The second kappa shape index (κ2) is 5.47. The summed E-state index contributed by atoms with van der Waals surface area (Å²) >= 11 is 3.41. The normalized spacial score (nSPS) is 19.0. The van der Waals surface area contributed by atoms with Crippen molar-refractivity contribution in [3.8, 4) is 5.75 Å². The smallest absolute Gasteiger partial charge is 0.266 e. The van der Waals surface area contributed by atoms with Crippen molar-refractivity contribution in [1.29, 1.82) is 0 Å². The lowest BCUT2D eigenvalue weighted by atomic mass is 10.1. The van der Waals surface area contributed by atoms with Gasteiger partial charge in [0.2, 0.25) is 0 Å². The standard InChI is InChI=1S/C17H12BrNO4/c18-14-6-5-10(22-8-11-9-23-11)7-15(14)19-16(20)12-3-1-2-4-13(12)17(19)21/h1-7,11H,8-9H2. The lowest BCUT2D eigenvalue weighted by Gasteiger charge is -2.17. The van der Waals surface area contributed by atoms with Crippen molar-refractivity contribution in [1.82, 2.24) is 0 Å². The third-order valence-electron chi connectivity index (χ3n) is 3.79. The molecule has 0 N–H and O–H groups in total. The average Bonchev–Trinajstić information content (AvgIpc) is 3.35. The zero-order valence-electron chi connectivity index (χ0n) is 12.0. The number of rotatable bonds is 4. The van der Waals surface area contributed by atoms with E-state index in [1.807, 2.05) is 0 Å². The van der Waals surface area contributed by atoms with Crippen LogP contribution in [0.25, 0.3) is 0 Å². The van der Waals surface area contributed by atoms with Crippen LogP contribution in [0.15, 0.2) is 46.9 Å². The summed E-state index contributed by atoms with van der Waals surface area (Å²) in [5, 5.41) is 0. The molecule has 2 heterocycles. The maximum Gasteiger partial charge on any atom is 0.266 e. The number of halogens is 1. The van der Waals surface area contributed by atoms with Crippen LogP contribution in [0.4, 0.5) is 5.69 Å². The Kier molecular flexibility index (Phi) is 3.43. The largest absolute Gasteiger partial charge is 0.491 e. The molecule has 4 rings (SSSR count). The number of hydrogen-bond acceptors (Lipinski definition) is 4. The molecule has 0 aliphatic carbocycles. The summed E-state index contributed by atoms with van der Waals surface area (Å²) < 4.78 is 11.4. The van der Waals surface area contributed by atoms with Crippen LogP contribution in [-0.2, 0) is 4.74 Å². The van der Waals surface area contributed by atoms with Crippen molar-refractivity contribution in [2.24, 2.45) is 0 Å². The van der Waals surface area contributed by atoms with Gasteiger partial charge in [-0.1, -0.05) is 12.1 Å². The lowest BCUT2D eigenvalue weighted by molar-refractivity contribution is 0.0926.